The molecule has 0 unspecified atom stereocenters. The van der Waals surface area contributed by atoms with Crippen LogP contribution in [0.4, 0.5) is 0 Å². The van der Waals surface area contributed by atoms with Gasteiger partial charge in [-0.1, -0.05) is 0 Å². The summed E-state index contributed by atoms with van der Waals surface area (Å²) in [4.78, 5) is 36.5. The third-order valence-corrected chi connectivity index (χ3v) is 5.69. The van der Waals surface area contributed by atoms with Gasteiger partial charge in [-0.25, -0.2) is 9.78 Å². The zero-order chi connectivity index (χ0) is 20.5. The van der Waals surface area contributed by atoms with Gasteiger partial charge in [0.05, 0.1) is 32.0 Å². The van der Waals surface area contributed by atoms with E-state index in [0.29, 0.717) is 24.3 Å². The molecule has 0 aliphatic carbocycles. The fourth-order valence-corrected chi connectivity index (χ4v) is 4.32. The lowest BCUT2D eigenvalue weighted by Gasteiger charge is -2.35. The topological polar surface area (TPSA) is 97.6 Å². The first-order chi connectivity index (χ1) is 13.9. The average molecular weight is 406 g/mol. The zero-order valence-electron chi connectivity index (χ0n) is 17.4. The van der Waals surface area contributed by atoms with Crippen LogP contribution in [-0.4, -0.2) is 87.0 Å². The molecule has 2 aliphatic rings. The maximum Gasteiger partial charge on any atom is 0.329 e. The van der Waals surface area contributed by atoms with Gasteiger partial charge in [0.2, 0.25) is 0 Å². The normalized spacial score (nSPS) is 24.4. The Bertz CT molecular complexity index is 963. The van der Waals surface area contributed by atoms with Crippen molar-refractivity contribution in [1.29, 1.82) is 0 Å². The summed E-state index contributed by atoms with van der Waals surface area (Å²) in [6.45, 7) is 11.1. The summed E-state index contributed by atoms with van der Waals surface area (Å²) < 4.78 is 14.7. The second-order valence-electron chi connectivity index (χ2n) is 8.08. The van der Waals surface area contributed by atoms with Crippen molar-refractivity contribution in [2.75, 3.05) is 45.9 Å². The molecule has 0 spiro atoms. The maximum atomic E-state index is 12.6. The first-order valence-electron chi connectivity index (χ1n) is 10.3. The molecule has 10 heteroatoms. The Kier molecular flexibility index (Phi) is 5.86. The number of aromatic amines is 1. The van der Waals surface area contributed by atoms with Crippen molar-refractivity contribution in [3.8, 4) is 0 Å². The minimum absolute atomic E-state index is 0.151. The van der Waals surface area contributed by atoms with Gasteiger partial charge in [-0.15, -0.1) is 0 Å². The summed E-state index contributed by atoms with van der Waals surface area (Å²) in [6, 6.07) is 0. The predicted molar refractivity (Wildman–Crippen MR) is 108 cm³/mol. The summed E-state index contributed by atoms with van der Waals surface area (Å²) in [5, 5.41) is 0. The number of morpholine rings is 2. The van der Waals surface area contributed by atoms with Crippen molar-refractivity contribution in [3.05, 3.63) is 26.7 Å². The molecule has 2 aromatic heterocycles. The molecule has 0 aromatic carbocycles. The summed E-state index contributed by atoms with van der Waals surface area (Å²) in [6.07, 6.45) is 0.301. The number of imidazole rings is 1. The number of H-pyrrole nitrogens is 1. The fraction of sp³-hybridized carbons (Fsp3) is 0.737. The number of nitrogens with one attached hydrogen (secondary N) is 1. The molecule has 2 fully saturated rings. The van der Waals surface area contributed by atoms with E-state index < -0.39 is 5.69 Å². The Morgan fingerprint density at radius 1 is 1.07 bits per heavy atom. The van der Waals surface area contributed by atoms with Crippen molar-refractivity contribution in [1.82, 2.24) is 28.9 Å². The Hall–Kier alpha value is -2.01. The van der Waals surface area contributed by atoms with E-state index in [4.69, 9.17) is 14.5 Å². The molecule has 0 saturated carbocycles. The fourth-order valence-electron chi connectivity index (χ4n) is 4.32. The number of aryl methyl sites for hydroxylation is 1. The SMILES string of the molecule is C[C@H]1CN(Cc2nc3c(c(=O)[nH]c(=O)n3C)n2CCN2CCOCC2)C[C@H](C)O1. The second kappa shape index (κ2) is 8.39. The van der Waals surface area contributed by atoms with Crippen LogP contribution in [-0.2, 0) is 29.6 Å². The molecule has 1 N–H and O–H groups in total. The minimum Gasteiger partial charge on any atom is -0.379 e. The van der Waals surface area contributed by atoms with Gasteiger partial charge in [0.25, 0.3) is 5.56 Å². The molecule has 0 amide bonds. The van der Waals surface area contributed by atoms with Crippen molar-refractivity contribution in [2.45, 2.75) is 39.1 Å². The number of aromatic nitrogens is 4. The zero-order valence-corrected chi connectivity index (χ0v) is 17.4. The first-order valence-corrected chi connectivity index (χ1v) is 10.3. The molecule has 10 nitrogen and oxygen atoms in total. The van der Waals surface area contributed by atoms with Crippen LogP contribution >= 0.6 is 0 Å². The highest BCUT2D eigenvalue weighted by atomic mass is 16.5. The van der Waals surface area contributed by atoms with Crippen LogP contribution in [0.25, 0.3) is 11.2 Å². The van der Waals surface area contributed by atoms with Crippen molar-refractivity contribution in [2.24, 2.45) is 7.05 Å². The highest BCUT2D eigenvalue weighted by molar-refractivity contribution is 5.70. The van der Waals surface area contributed by atoms with Crippen molar-refractivity contribution < 1.29 is 9.47 Å². The Labute approximate surface area is 169 Å². The maximum absolute atomic E-state index is 12.6. The van der Waals surface area contributed by atoms with Gasteiger partial charge in [0.15, 0.2) is 11.2 Å². The van der Waals surface area contributed by atoms with Gasteiger partial charge < -0.3 is 14.0 Å². The van der Waals surface area contributed by atoms with Gasteiger partial charge in [0, 0.05) is 46.3 Å². The molecular weight excluding hydrogens is 376 g/mol. The largest absolute Gasteiger partial charge is 0.379 e. The molecule has 0 radical (unpaired) electrons. The predicted octanol–water partition coefficient (Wildman–Crippen LogP) is -0.635. The molecule has 2 aromatic rings. The molecular formula is C19H30N6O4. The van der Waals surface area contributed by atoms with E-state index in [-0.39, 0.29) is 17.8 Å². The minimum atomic E-state index is -0.444. The standard InChI is InChI=1S/C19H30N6O4/c1-13-10-24(11-14(2)29-13)12-15-20-17-16(18(26)21-19(27)22(17)3)25(15)5-4-23-6-8-28-9-7-23/h13-14H,4-12H2,1-3H3,(H,21,26,27)/t13-,14-/m0/s1. The van der Waals surface area contributed by atoms with Gasteiger partial charge >= 0.3 is 5.69 Å². The monoisotopic (exact) mass is 406 g/mol. The van der Waals surface area contributed by atoms with Crippen molar-refractivity contribution in [3.63, 3.8) is 0 Å². The van der Waals surface area contributed by atoms with Crippen LogP contribution in [0, 0.1) is 0 Å². The summed E-state index contributed by atoms with van der Waals surface area (Å²) >= 11 is 0. The summed E-state index contributed by atoms with van der Waals surface area (Å²) in [5.41, 5.74) is 0.0721. The number of hydrogen-bond donors (Lipinski definition) is 1. The number of ether oxygens (including phenoxy) is 2. The van der Waals surface area contributed by atoms with Crippen LogP contribution < -0.4 is 11.2 Å². The van der Waals surface area contributed by atoms with E-state index in [1.165, 1.54) is 4.57 Å². The van der Waals surface area contributed by atoms with Gasteiger partial charge in [-0.3, -0.25) is 24.1 Å². The highest BCUT2D eigenvalue weighted by Gasteiger charge is 2.25. The van der Waals surface area contributed by atoms with Gasteiger partial charge in [-0.2, -0.15) is 0 Å². The quantitative estimate of drug-likeness (QED) is 0.706. The van der Waals surface area contributed by atoms with Crippen LogP contribution in [0.3, 0.4) is 0 Å². The van der Waals surface area contributed by atoms with E-state index in [1.807, 2.05) is 4.57 Å². The average Bonchev–Trinajstić information content (AvgIpc) is 3.03. The van der Waals surface area contributed by atoms with E-state index in [0.717, 1.165) is 51.8 Å². The lowest BCUT2D eigenvalue weighted by Crippen LogP contribution is -2.45. The Balaban J connectivity index is 1.67. The van der Waals surface area contributed by atoms with Crippen LogP contribution in [0.15, 0.2) is 9.59 Å². The molecule has 0 bridgehead atoms. The molecule has 160 valence electrons. The lowest BCUT2D eigenvalue weighted by atomic mass is 10.2. The lowest BCUT2D eigenvalue weighted by molar-refractivity contribution is -0.0712. The van der Waals surface area contributed by atoms with Crippen molar-refractivity contribution >= 4 is 11.2 Å². The molecule has 2 aliphatic heterocycles. The Morgan fingerprint density at radius 3 is 2.45 bits per heavy atom. The van der Waals surface area contributed by atoms with E-state index in [9.17, 15) is 9.59 Å². The molecule has 29 heavy (non-hydrogen) atoms. The van der Waals surface area contributed by atoms with E-state index in [2.05, 4.69) is 28.6 Å². The number of rotatable bonds is 5. The van der Waals surface area contributed by atoms with Crippen LogP contribution in [0.1, 0.15) is 19.7 Å². The summed E-state index contributed by atoms with van der Waals surface area (Å²) in [7, 11) is 1.64. The number of nitrogens with zero attached hydrogens (tertiary/aromatic N) is 5. The molecule has 4 rings (SSSR count). The molecule has 2 atom stereocenters. The smallest absolute Gasteiger partial charge is 0.329 e. The third-order valence-electron chi connectivity index (χ3n) is 5.69. The number of hydrogen-bond acceptors (Lipinski definition) is 7. The second-order valence-corrected chi connectivity index (χ2v) is 8.08. The van der Waals surface area contributed by atoms with Gasteiger partial charge in [-0.05, 0) is 13.8 Å². The van der Waals surface area contributed by atoms with Gasteiger partial charge in [0.1, 0.15) is 5.82 Å². The van der Waals surface area contributed by atoms with E-state index >= 15 is 0 Å². The van der Waals surface area contributed by atoms with Crippen LogP contribution in [0.5, 0.6) is 0 Å². The highest BCUT2D eigenvalue weighted by Crippen LogP contribution is 2.17. The molecule has 4 heterocycles. The first kappa shape index (κ1) is 20.3. The number of fused-ring (bicyclic) bond motifs is 1. The van der Waals surface area contributed by atoms with E-state index in [1.54, 1.807) is 7.05 Å². The Morgan fingerprint density at radius 2 is 1.76 bits per heavy atom. The molecule has 2 saturated heterocycles. The third kappa shape index (κ3) is 4.30. The summed E-state index contributed by atoms with van der Waals surface area (Å²) in [5.74, 6) is 0.807. The van der Waals surface area contributed by atoms with Crippen LogP contribution in [0.2, 0.25) is 0 Å².